The van der Waals surface area contributed by atoms with Crippen LogP contribution in [0.15, 0.2) is 36.7 Å². The lowest BCUT2D eigenvalue weighted by Crippen LogP contribution is -2.27. The SMILES string of the molecule is O=C(O)c1ccnc(CC2(c3ccccn3)CCCC2)n1. The van der Waals surface area contributed by atoms with Gasteiger partial charge in [-0.1, -0.05) is 18.9 Å². The van der Waals surface area contributed by atoms with E-state index >= 15 is 0 Å². The number of carbonyl (C=O) groups is 1. The van der Waals surface area contributed by atoms with Crippen LogP contribution < -0.4 is 0 Å². The average Bonchev–Trinajstić information content (AvgIpc) is 2.98. The normalized spacial score (nSPS) is 16.8. The fourth-order valence-corrected chi connectivity index (χ4v) is 3.16. The molecule has 5 heteroatoms. The second-order valence-electron chi connectivity index (χ2n) is 5.54. The van der Waals surface area contributed by atoms with E-state index in [9.17, 15) is 4.79 Å². The van der Waals surface area contributed by atoms with Crippen LogP contribution in [0.1, 0.15) is 47.7 Å². The zero-order chi connectivity index (χ0) is 14.7. The zero-order valence-electron chi connectivity index (χ0n) is 11.7. The van der Waals surface area contributed by atoms with Crippen molar-refractivity contribution in [2.45, 2.75) is 37.5 Å². The summed E-state index contributed by atoms with van der Waals surface area (Å²) in [4.78, 5) is 24.0. The molecule has 0 amide bonds. The van der Waals surface area contributed by atoms with Gasteiger partial charge in [-0.15, -0.1) is 0 Å². The van der Waals surface area contributed by atoms with Crippen LogP contribution in [0.5, 0.6) is 0 Å². The first-order valence-corrected chi connectivity index (χ1v) is 7.16. The number of carboxylic acids is 1. The predicted molar refractivity (Wildman–Crippen MR) is 77.1 cm³/mol. The van der Waals surface area contributed by atoms with Gasteiger partial charge in [-0.3, -0.25) is 4.98 Å². The lowest BCUT2D eigenvalue weighted by atomic mass is 9.79. The minimum absolute atomic E-state index is 0.0502. The third-order valence-corrected chi connectivity index (χ3v) is 4.19. The quantitative estimate of drug-likeness (QED) is 0.933. The highest BCUT2D eigenvalue weighted by Crippen LogP contribution is 2.42. The minimum Gasteiger partial charge on any atom is -0.477 e. The molecule has 1 fully saturated rings. The van der Waals surface area contributed by atoms with Crippen LogP contribution in [0.2, 0.25) is 0 Å². The number of carboxylic acid groups (broad SMARTS) is 1. The van der Waals surface area contributed by atoms with E-state index in [4.69, 9.17) is 5.11 Å². The molecule has 0 aromatic carbocycles. The van der Waals surface area contributed by atoms with Crippen LogP contribution in [0.4, 0.5) is 0 Å². The lowest BCUT2D eigenvalue weighted by Gasteiger charge is -2.27. The summed E-state index contributed by atoms with van der Waals surface area (Å²) in [7, 11) is 0. The van der Waals surface area contributed by atoms with Gasteiger partial charge in [0.05, 0.1) is 0 Å². The van der Waals surface area contributed by atoms with Gasteiger partial charge in [0.2, 0.25) is 0 Å². The Balaban J connectivity index is 1.93. The Morgan fingerprint density at radius 3 is 2.62 bits per heavy atom. The molecule has 108 valence electrons. The maximum atomic E-state index is 11.0. The molecular formula is C16H17N3O2. The molecule has 5 nitrogen and oxygen atoms in total. The number of pyridine rings is 1. The molecule has 21 heavy (non-hydrogen) atoms. The summed E-state index contributed by atoms with van der Waals surface area (Å²) in [5, 5.41) is 9.05. The summed E-state index contributed by atoms with van der Waals surface area (Å²) in [5.41, 5.74) is 1.05. The fourth-order valence-electron chi connectivity index (χ4n) is 3.16. The van der Waals surface area contributed by atoms with Crippen LogP contribution in [-0.4, -0.2) is 26.0 Å². The minimum atomic E-state index is -1.02. The monoisotopic (exact) mass is 283 g/mol. The van der Waals surface area contributed by atoms with Gasteiger partial charge in [0, 0.05) is 29.9 Å². The highest BCUT2D eigenvalue weighted by Gasteiger charge is 2.37. The summed E-state index contributed by atoms with van der Waals surface area (Å²) < 4.78 is 0. The molecule has 3 rings (SSSR count). The van der Waals surface area contributed by atoms with Crippen LogP contribution in [0.25, 0.3) is 0 Å². The average molecular weight is 283 g/mol. The Bertz CT molecular complexity index is 637. The molecule has 1 N–H and O–H groups in total. The maximum absolute atomic E-state index is 11.0. The molecule has 0 unspecified atom stereocenters. The second kappa shape index (κ2) is 5.60. The molecule has 1 aliphatic rings. The molecule has 0 atom stereocenters. The number of rotatable bonds is 4. The number of hydrogen-bond acceptors (Lipinski definition) is 4. The molecule has 0 radical (unpaired) electrons. The van der Waals surface area contributed by atoms with Crippen molar-refractivity contribution in [2.75, 3.05) is 0 Å². The van der Waals surface area contributed by atoms with E-state index in [0.717, 1.165) is 31.4 Å². The van der Waals surface area contributed by atoms with E-state index < -0.39 is 5.97 Å². The summed E-state index contributed by atoms with van der Waals surface area (Å²) in [6.45, 7) is 0. The fraction of sp³-hybridized carbons (Fsp3) is 0.375. The first kappa shape index (κ1) is 13.7. The van der Waals surface area contributed by atoms with Gasteiger partial charge in [0.15, 0.2) is 5.69 Å². The van der Waals surface area contributed by atoms with Gasteiger partial charge in [-0.25, -0.2) is 14.8 Å². The maximum Gasteiger partial charge on any atom is 0.354 e. The standard InChI is InChI=1S/C16H17N3O2/c20-15(21)12-6-10-18-14(19-12)11-16(7-2-3-8-16)13-5-1-4-9-17-13/h1,4-6,9-10H,2-3,7-8,11H2,(H,20,21). The van der Waals surface area contributed by atoms with E-state index in [2.05, 4.69) is 15.0 Å². The zero-order valence-corrected chi connectivity index (χ0v) is 11.7. The molecular weight excluding hydrogens is 266 g/mol. The third kappa shape index (κ3) is 2.77. The Hall–Kier alpha value is -2.30. The van der Waals surface area contributed by atoms with Crippen LogP contribution in [0.3, 0.4) is 0 Å². The van der Waals surface area contributed by atoms with E-state index in [1.165, 1.54) is 12.3 Å². The highest BCUT2D eigenvalue weighted by atomic mass is 16.4. The van der Waals surface area contributed by atoms with E-state index in [0.29, 0.717) is 12.2 Å². The predicted octanol–water partition coefficient (Wildman–Crippen LogP) is 2.62. The first-order chi connectivity index (χ1) is 10.2. The van der Waals surface area contributed by atoms with Crippen molar-refractivity contribution in [3.8, 4) is 0 Å². The Morgan fingerprint density at radius 2 is 1.95 bits per heavy atom. The molecule has 0 bridgehead atoms. The Kier molecular flexibility index (Phi) is 3.64. The third-order valence-electron chi connectivity index (χ3n) is 4.19. The topological polar surface area (TPSA) is 76.0 Å². The smallest absolute Gasteiger partial charge is 0.354 e. The number of nitrogens with zero attached hydrogens (tertiary/aromatic N) is 3. The molecule has 2 aromatic heterocycles. The Labute approximate surface area is 123 Å². The van der Waals surface area contributed by atoms with Crippen LogP contribution in [0, 0.1) is 0 Å². The van der Waals surface area contributed by atoms with Gasteiger partial charge < -0.3 is 5.11 Å². The molecule has 2 aromatic rings. The molecule has 1 aliphatic carbocycles. The number of hydrogen-bond donors (Lipinski definition) is 1. The van der Waals surface area contributed by atoms with Gasteiger partial charge in [0.25, 0.3) is 0 Å². The van der Waals surface area contributed by atoms with Crippen molar-refractivity contribution < 1.29 is 9.90 Å². The summed E-state index contributed by atoms with van der Waals surface area (Å²) in [6, 6.07) is 7.38. The summed E-state index contributed by atoms with van der Waals surface area (Å²) in [6.07, 6.45) is 8.39. The number of aromatic carboxylic acids is 1. The first-order valence-electron chi connectivity index (χ1n) is 7.16. The van der Waals surface area contributed by atoms with Gasteiger partial charge >= 0.3 is 5.97 Å². The van der Waals surface area contributed by atoms with Crippen molar-refractivity contribution >= 4 is 5.97 Å². The molecule has 2 heterocycles. The van der Waals surface area contributed by atoms with Gasteiger partial charge in [-0.2, -0.15) is 0 Å². The Morgan fingerprint density at radius 1 is 1.14 bits per heavy atom. The van der Waals surface area contributed by atoms with Crippen molar-refractivity contribution in [2.24, 2.45) is 0 Å². The summed E-state index contributed by atoms with van der Waals surface area (Å²) in [5.74, 6) is -0.431. The van der Waals surface area contributed by atoms with Gasteiger partial charge in [-0.05, 0) is 31.0 Å². The van der Waals surface area contributed by atoms with Gasteiger partial charge in [0.1, 0.15) is 5.82 Å². The van der Waals surface area contributed by atoms with Crippen molar-refractivity contribution in [3.05, 3.63) is 53.9 Å². The number of aromatic nitrogens is 3. The lowest BCUT2D eigenvalue weighted by molar-refractivity contribution is 0.0689. The van der Waals surface area contributed by atoms with E-state index in [1.807, 2.05) is 24.4 Å². The molecule has 0 aliphatic heterocycles. The molecule has 0 saturated heterocycles. The van der Waals surface area contributed by atoms with Crippen molar-refractivity contribution in [1.82, 2.24) is 15.0 Å². The van der Waals surface area contributed by atoms with Crippen LogP contribution >= 0.6 is 0 Å². The van der Waals surface area contributed by atoms with E-state index in [-0.39, 0.29) is 11.1 Å². The molecule has 1 saturated carbocycles. The van der Waals surface area contributed by atoms with Crippen LogP contribution in [-0.2, 0) is 11.8 Å². The second-order valence-corrected chi connectivity index (χ2v) is 5.54. The van der Waals surface area contributed by atoms with E-state index in [1.54, 1.807) is 0 Å². The van der Waals surface area contributed by atoms with Crippen molar-refractivity contribution in [3.63, 3.8) is 0 Å². The highest BCUT2D eigenvalue weighted by molar-refractivity contribution is 5.85. The largest absolute Gasteiger partial charge is 0.477 e. The van der Waals surface area contributed by atoms with Crippen molar-refractivity contribution in [1.29, 1.82) is 0 Å². The summed E-state index contributed by atoms with van der Waals surface area (Å²) >= 11 is 0. The molecule has 0 spiro atoms.